The standard InChI is InChI=1S/C26H30N4O3S/c1-3-4-22-27-24(23-18-7-5-16(2)13-21(18)34-25(23)28-22)29-9-11-30(12-10-29)26(31)17-6-8-19-20(14-17)33-15-32-19/h6,8,14,16H,3-5,7,9-13,15H2,1-2H3/t16-/m0/s1. The third-order valence-electron chi connectivity index (χ3n) is 7.14. The van der Waals surface area contributed by atoms with Crippen LogP contribution in [0.5, 0.6) is 11.5 Å². The monoisotopic (exact) mass is 478 g/mol. The molecule has 7 nitrogen and oxygen atoms in total. The minimum atomic E-state index is 0.0411. The normalized spacial score (nSPS) is 19.5. The first-order valence-corrected chi connectivity index (χ1v) is 13.2. The summed E-state index contributed by atoms with van der Waals surface area (Å²) >= 11 is 1.87. The maximum absolute atomic E-state index is 13.2. The molecule has 1 amide bonds. The summed E-state index contributed by atoms with van der Waals surface area (Å²) in [5.41, 5.74) is 2.11. The number of thiophene rings is 1. The summed E-state index contributed by atoms with van der Waals surface area (Å²) in [6.07, 6.45) is 5.42. The lowest BCUT2D eigenvalue weighted by molar-refractivity contribution is 0.0746. The summed E-state index contributed by atoms with van der Waals surface area (Å²) < 4.78 is 10.8. The Hall–Kier alpha value is -2.87. The fourth-order valence-corrected chi connectivity index (χ4v) is 6.66. The molecule has 0 spiro atoms. The van der Waals surface area contributed by atoms with E-state index in [9.17, 15) is 4.79 Å². The van der Waals surface area contributed by atoms with Crippen LogP contribution in [0, 0.1) is 5.92 Å². The summed E-state index contributed by atoms with van der Waals surface area (Å²) in [6.45, 7) is 7.62. The molecule has 6 rings (SSSR count). The second-order valence-corrected chi connectivity index (χ2v) is 10.7. The Balaban J connectivity index is 1.26. The van der Waals surface area contributed by atoms with E-state index in [1.54, 1.807) is 6.07 Å². The van der Waals surface area contributed by atoms with E-state index in [-0.39, 0.29) is 12.7 Å². The van der Waals surface area contributed by atoms with Gasteiger partial charge in [-0.2, -0.15) is 0 Å². The van der Waals surface area contributed by atoms with E-state index in [0.717, 1.165) is 61.2 Å². The number of rotatable bonds is 4. The highest BCUT2D eigenvalue weighted by atomic mass is 32.1. The number of aromatic nitrogens is 2. The van der Waals surface area contributed by atoms with Gasteiger partial charge in [0.05, 0.1) is 5.39 Å². The van der Waals surface area contributed by atoms with Crippen LogP contribution in [-0.2, 0) is 19.3 Å². The van der Waals surface area contributed by atoms with Gasteiger partial charge in [-0.25, -0.2) is 9.97 Å². The van der Waals surface area contributed by atoms with E-state index in [2.05, 4.69) is 18.7 Å². The topological polar surface area (TPSA) is 67.8 Å². The van der Waals surface area contributed by atoms with Crippen LogP contribution in [0.4, 0.5) is 5.82 Å². The van der Waals surface area contributed by atoms with Crippen molar-refractivity contribution in [2.75, 3.05) is 37.9 Å². The SMILES string of the molecule is CCCc1nc(N2CCN(C(=O)c3ccc4c(c3)OCO4)CC2)c2c3c(sc2n1)C[C@@H](C)CC3. The molecule has 1 aliphatic carbocycles. The van der Waals surface area contributed by atoms with E-state index >= 15 is 0 Å². The van der Waals surface area contributed by atoms with Gasteiger partial charge in [-0.1, -0.05) is 13.8 Å². The summed E-state index contributed by atoms with van der Waals surface area (Å²) in [7, 11) is 0. The number of benzene rings is 1. The summed E-state index contributed by atoms with van der Waals surface area (Å²) in [5, 5.41) is 1.27. The van der Waals surface area contributed by atoms with Gasteiger partial charge >= 0.3 is 0 Å². The van der Waals surface area contributed by atoms with Crippen molar-refractivity contribution in [3.05, 3.63) is 40.0 Å². The van der Waals surface area contributed by atoms with E-state index in [1.165, 1.54) is 22.2 Å². The average Bonchev–Trinajstić information content (AvgIpc) is 3.46. The molecule has 3 aromatic rings. The molecule has 0 unspecified atom stereocenters. The Bertz CT molecular complexity index is 1250. The smallest absolute Gasteiger partial charge is 0.254 e. The summed E-state index contributed by atoms with van der Waals surface area (Å²) in [5.74, 6) is 4.14. The molecule has 0 radical (unpaired) electrons. The highest BCUT2D eigenvalue weighted by molar-refractivity contribution is 7.19. The molecule has 0 N–H and O–H groups in total. The first-order chi connectivity index (χ1) is 16.6. The molecule has 8 heteroatoms. The lowest BCUT2D eigenvalue weighted by Gasteiger charge is -2.36. The number of fused-ring (bicyclic) bond motifs is 4. The number of aryl methyl sites for hydroxylation is 2. The molecule has 4 heterocycles. The highest BCUT2D eigenvalue weighted by Crippen LogP contribution is 2.41. The number of nitrogens with zero attached hydrogens (tertiary/aromatic N) is 4. The van der Waals surface area contributed by atoms with E-state index in [0.29, 0.717) is 30.2 Å². The number of amides is 1. The zero-order chi connectivity index (χ0) is 23.2. The number of hydrogen-bond donors (Lipinski definition) is 0. The van der Waals surface area contributed by atoms with Gasteiger partial charge in [0.15, 0.2) is 11.5 Å². The number of hydrogen-bond acceptors (Lipinski definition) is 7. The number of piperazine rings is 1. The van der Waals surface area contributed by atoms with Crippen molar-refractivity contribution in [3.8, 4) is 11.5 Å². The minimum Gasteiger partial charge on any atom is -0.454 e. The third kappa shape index (κ3) is 3.78. The van der Waals surface area contributed by atoms with Gasteiger partial charge in [-0.05, 0) is 55.4 Å². The maximum Gasteiger partial charge on any atom is 0.254 e. The number of ether oxygens (including phenoxy) is 2. The predicted molar refractivity (Wildman–Crippen MR) is 133 cm³/mol. The number of carbonyl (C=O) groups excluding carboxylic acids is 1. The van der Waals surface area contributed by atoms with Crippen molar-refractivity contribution in [1.29, 1.82) is 0 Å². The van der Waals surface area contributed by atoms with Crippen LogP contribution in [0.25, 0.3) is 10.2 Å². The first-order valence-electron chi connectivity index (χ1n) is 12.4. The molecule has 1 atom stereocenters. The van der Waals surface area contributed by atoms with Crippen LogP contribution >= 0.6 is 11.3 Å². The summed E-state index contributed by atoms with van der Waals surface area (Å²) in [4.78, 5) is 30.1. The number of carbonyl (C=O) groups is 1. The molecular formula is C26H30N4O3S. The maximum atomic E-state index is 13.2. The van der Waals surface area contributed by atoms with Crippen molar-refractivity contribution >= 4 is 33.3 Å². The van der Waals surface area contributed by atoms with Gasteiger partial charge in [-0.3, -0.25) is 4.79 Å². The van der Waals surface area contributed by atoms with E-state index < -0.39 is 0 Å². The third-order valence-corrected chi connectivity index (χ3v) is 8.29. The highest BCUT2D eigenvalue weighted by Gasteiger charge is 2.29. The molecule has 1 aromatic carbocycles. The van der Waals surface area contributed by atoms with Crippen molar-refractivity contribution in [1.82, 2.24) is 14.9 Å². The lowest BCUT2D eigenvalue weighted by atomic mass is 9.89. The Labute approximate surface area is 203 Å². The predicted octanol–water partition coefficient (Wildman–Crippen LogP) is 4.46. The van der Waals surface area contributed by atoms with Crippen LogP contribution < -0.4 is 14.4 Å². The molecule has 0 saturated carbocycles. The molecule has 1 saturated heterocycles. The molecule has 3 aliphatic rings. The van der Waals surface area contributed by atoms with Crippen LogP contribution in [0.3, 0.4) is 0 Å². The van der Waals surface area contributed by atoms with Crippen LogP contribution in [0.2, 0.25) is 0 Å². The second-order valence-electron chi connectivity index (χ2n) is 9.59. The largest absolute Gasteiger partial charge is 0.454 e. The van der Waals surface area contributed by atoms with E-state index in [4.69, 9.17) is 19.4 Å². The van der Waals surface area contributed by atoms with Gasteiger partial charge in [-0.15, -0.1) is 11.3 Å². The van der Waals surface area contributed by atoms with Crippen molar-refractivity contribution in [3.63, 3.8) is 0 Å². The van der Waals surface area contributed by atoms with Crippen molar-refractivity contribution < 1.29 is 14.3 Å². The van der Waals surface area contributed by atoms with Gasteiger partial charge < -0.3 is 19.3 Å². The van der Waals surface area contributed by atoms with Gasteiger partial charge in [0, 0.05) is 43.0 Å². The molecule has 0 bridgehead atoms. The minimum absolute atomic E-state index is 0.0411. The number of anilines is 1. The van der Waals surface area contributed by atoms with Crippen LogP contribution in [0.1, 0.15) is 53.3 Å². The molecule has 34 heavy (non-hydrogen) atoms. The molecule has 2 aromatic heterocycles. The Morgan fingerprint density at radius 2 is 1.97 bits per heavy atom. The Morgan fingerprint density at radius 1 is 1.15 bits per heavy atom. The van der Waals surface area contributed by atoms with Crippen molar-refractivity contribution in [2.24, 2.45) is 5.92 Å². The molecular weight excluding hydrogens is 448 g/mol. The Morgan fingerprint density at radius 3 is 2.79 bits per heavy atom. The molecule has 2 aliphatic heterocycles. The van der Waals surface area contributed by atoms with E-state index in [1.807, 2.05) is 28.4 Å². The zero-order valence-corrected chi connectivity index (χ0v) is 20.6. The molecule has 178 valence electrons. The fourth-order valence-electron chi connectivity index (χ4n) is 5.26. The first kappa shape index (κ1) is 21.6. The zero-order valence-electron chi connectivity index (χ0n) is 19.8. The Kier molecular flexibility index (Phi) is 5.56. The fraction of sp³-hybridized carbons (Fsp3) is 0.500. The van der Waals surface area contributed by atoms with Crippen LogP contribution in [-0.4, -0.2) is 53.7 Å². The van der Waals surface area contributed by atoms with Gasteiger partial charge in [0.1, 0.15) is 16.5 Å². The van der Waals surface area contributed by atoms with Crippen molar-refractivity contribution in [2.45, 2.75) is 46.0 Å². The van der Waals surface area contributed by atoms with Gasteiger partial charge in [0.2, 0.25) is 6.79 Å². The second kappa shape index (κ2) is 8.73. The lowest BCUT2D eigenvalue weighted by Crippen LogP contribution is -2.49. The average molecular weight is 479 g/mol. The van der Waals surface area contributed by atoms with Gasteiger partial charge in [0.25, 0.3) is 5.91 Å². The quantitative estimate of drug-likeness (QED) is 0.552. The molecule has 1 fully saturated rings. The van der Waals surface area contributed by atoms with Crippen LogP contribution in [0.15, 0.2) is 18.2 Å². The summed E-state index contributed by atoms with van der Waals surface area (Å²) in [6, 6.07) is 5.44.